The fraction of sp³-hybridized carbons (Fsp3) is 1.00. The first-order chi connectivity index (χ1) is 15.0. The Morgan fingerprint density at radius 1 is 0.903 bits per heavy atom. The number of unbranched alkanes of at least 4 members (excludes halogenated alkanes) is 2. The number of hydrogen-bond acceptors (Lipinski definition) is 6. The summed E-state index contributed by atoms with van der Waals surface area (Å²) in [6.45, 7) is 2.00. The molecule has 4 N–H and O–H groups in total. The zero-order chi connectivity index (χ0) is 22.2. The lowest BCUT2D eigenvalue weighted by molar-refractivity contribution is -0.145. The minimum Gasteiger partial charge on any atom is -0.395 e. The number of aliphatic hydroxyl groups excluding tert-OH is 4. The second-order valence-corrected chi connectivity index (χ2v) is 10.2. The fourth-order valence-corrected chi connectivity index (χ4v) is 6.05. The second-order valence-electron chi connectivity index (χ2n) is 10.2. The van der Waals surface area contributed by atoms with Gasteiger partial charge in [0.25, 0.3) is 0 Å². The van der Waals surface area contributed by atoms with Crippen molar-refractivity contribution in [1.29, 1.82) is 0 Å². The molecule has 7 heteroatoms. The van der Waals surface area contributed by atoms with Crippen molar-refractivity contribution in [3.05, 3.63) is 0 Å². The van der Waals surface area contributed by atoms with Crippen molar-refractivity contribution in [1.82, 2.24) is 4.90 Å². The Morgan fingerprint density at radius 3 is 2.39 bits per heavy atom. The van der Waals surface area contributed by atoms with Gasteiger partial charge in [-0.05, 0) is 62.8 Å². The van der Waals surface area contributed by atoms with Gasteiger partial charge in [0, 0.05) is 19.8 Å². The molecule has 31 heavy (non-hydrogen) atoms. The maximum atomic E-state index is 14.7. The summed E-state index contributed by atoms with van der Waals surface area (Å²) in [5.41, 5.74) is 0. The summed E-state index contributed by atoms with van der Waals surface area (Å²) in [6, 6.07) is -0.535. The molecule has 1 aliphatic heterocycles. The number of aliphatic hydroxyl groups is 4. The third-order valence-electron chi connectivity index (χ3n) is 7.99. The molecule has 3 aliphatic rings. The number of rotatable bonds is 10. The van der Waals surface area contributed by atoms with E-state index in [0.29, 0.717) is 38.0 Å². The second kappa shape index (κ2) is 12.8. The predicted octanol–water partition coefficient (Wildman–Crippen LogP) is 2.27. The summed E-state index contributed by atoms with van der Waals surface area (Å²) in [6.07, 6.45) is 7.86. The van der Waals surface area contributed by atoms with Crippen LogP contribution in [0, 0.1) is 17.8 Å². The highest BCUT2D eigenvalue weighted by atomic mass is 19.1. The number of β-amino-alcohol motifs (C(OH)–C–C–N with tert-alkyl or cyclic N) is 1. The van der Waals surface area contributed by atoms with Crippen LogP contribution < -0.4 is 0 Å². The maximum absolute atomic E-state index is 14.7. The van der Waals surface area contributed by atoms with Crippen molar-refractivity contribution in [2.45, 2.75) is 101 Å². The molecular weight excluding hydrogens is 401 g/mol. The van der Waals surface area contributed by atoms with Crippen LogP contribution in [0.1, 0.15) is 70.6 Å². The van der Waals surface area contributed by atoms with Crippen LogP contribution >= 0.6 is 0 Å². The van der Waals surface area contributed by atoms with Gasteiger partial charge < -0.3 is 25.2 Å². The van der Waals surface area contributed by atoms with E-state index in [4.69, 9.17) is 4.74 Å². The summed E-state index contributed by atoms with van der Waals surface area (Å²) in [4.78, 5) is 1.86. The van der Waals surface area contributed by atoms with Crippen molar-refractivity contribution in [2.24, 2.45) is 17.8 Å². The van der Waals surface area contributed by atoms with Crippen LogP contribution in [0.15, 0.2) is 0 Å². The van der Waals surface area contributed by atoms with Gasteiger partial charge in [0.15, 0.2) is 0 Å². The lowest BCUT2D eigenvalue weighted by atomic mass is 9.70. The third-order valence-corrected chi connectivity index (χ3v) is 7.99. The molecule has 2 aliphatic carbocycles. The maximum Gasteiger partial charge on any atom is 0.109 e. The van der Waals surface area contributed by atoms with Gasteiger partial charge >= 0.3 is 0 Å². The molecule has 0 aromatic carbocycles. The molecule has 0 aromatic heterocycles. The number of ether oxygens (including phenoxy) is 1. The van der Waals surface area contributed by atoms with E-state index < -0.39 is 30.5 Å². The van der Waals surface area contributed by atoms with E-state index in [1.165, 1.54) is 32.1 Å². The molecule has 182 valence electrons. The van der Waals surface area contributed by atoms with Gasteiger partial charge in [-0.2, -0.15) is 0 Å². The fourth-order valence-electron chi connectivity index (χ4n) is 6.05. The monoisotopic (exact) mass is 445 g/mol. The van der Waals surface area contributed by atoms with E-state index in [1.54, 1.807) is 0 Å². The number of likely N-dealkylation sites (tertiary alicyclic amines) is 1. The van der Waals surface area contributed by atoms with Gasteiger partial charge in [0.2, 0.25) is 0 Å². The van der Waals surface area contributed by atoms with E-state index in [9.17, 15) is 24.8 Å². The summed E-state index contributed by atoms with van der Waals surface area (Å²) in [5, 5.41) is 39.1. The first-order valence-electron chi connectivity index (χ1n) is 12.6. The molecule has 2 saturated carbocycles. The van der Waals surface area contributed by atoms with Crippen molar-refractivity contribution in [3.63, 3.8) is 0 Å². The first kappa shape index (κ1) is 25.3. The molecule has 0 aromatic rings. The zero-order valence-electron chi connectivity index (χ0n) is 19.0. The van der Waals surface area contributed by atoms with Crippen LogP contribution in [0.4, 0.5) is 4.39 Å². The van der Waals surface area contributed by atoms with E-state index >= 15 is 0 Å². The Kier molecular flexibility index (Phi) is 10.5. The lowest BCUT2D eigenvalue weighted by Gasteiger charge is -2.43. The SMILES string of the molecule is OC[C@@H]1[C@H](O)[C@H](O)[C@@H](O)CN1CCCCCOCC1CCC(C2CCCCC2)C(F)C1. The number of piperidine rings is 1. The Bertz CT molecular complexity index is 506. The molecular formula is C24H44FNO5. The molecule has 0 spiro atoms. The van der Waals surface area contributed by atoms with Crippen molar-refractivity contribution in [3.8, 4) is 0 Å². The van der Waals surface area contributed by atoms with E-state index in [1.807, 2.05) is 4.90 Å². The third kappa shape index (κ3) is 7.08. The predicted molar refractivity (Wildman–Crippen MR) is 117 cm³/mol. The summed E-state index contributed by atoms with van der Waals surface area (Å²) in [5.74, 6) is 1.25. The Morgan fingerprint density at radius 2 is 1.68 bits per heavy atom. The topological polar surface area (TPSA) is 93.4 Å². The van der Waals surface area contributed by atoms with Gasteiger partial charge in [-0.25, -0.2) is 4.39 Å². The van der Waals surface area contributed by atoms with Crippen LogP contribution in [0.2, 0.25) is 0 Å². The number of halogens is 1. The Labute approximate surface area is 186 Å². The highest BCUT2D eigenvalue weighted by Gasteiger charge is 2.40. The smallest absolute Gasteiger partial charge is 0.109 e. The van der Waals surface area contributed by atoms with Crippen LogP contribution in [-0.4, -0.2) is 88.8 Å². The first-order valence-corrected chi connectivity index (χ1v) is 12.6. The van der Waals surface area contributed by atoms with Crippen LogP contribution in [0.25, 0.3) is 0 Å². The molecule has 7 atom stereocenters. The van der Waals surface area contributed by atoms with Gasteiger partial charge in [0.05, 0.1) is 18.8 Å². The molecule has 0 bridgehead atoms. The Hall–Kier alpha value is -0.310. The van der Waals surface area contributed by atoms with E-state index in [-0.39, 0.29) is 19.1 Å². The minimum absolute atomic E-state index is 0.243. The van der Waals surface area contributed by atoms with Gasteiger partial charge in [-0.1, -0.05) is 32.1 Å². The molecule has 3 rings (SSSR count). The van der Waals surface area contributed by atoms with E-state index in [2.05, 4.69) is 0 Å². The van der Waals surface area contributed by atoms with E-state index in [0.717, 1.165) is 32.1 Å². The molecule has 1 heterocycles. The normalized spacial score (nSPS) is 38.4. The van der Waals surface area contributed by atoms with Crippen molar-refractivity contribution in [2.75, 3.05) is 32.9 Å². The quantitative estimate of drug-likeness (QED) is 0.386. The largest absolute Gasteiger partial charge is 0.395 e. The lowest BCUT2D eigenvalue weighted by Crippen LogP contribution is -2.62. The summed E-state index contributed by atoms with van der Waals surface area (Å²) in [7, 11) is 0. The average molecular weight is 446 g/mol. The highest BCUT2D eigenvalue weighted by molar-refractivity contribution is 4.94. The van der Waals surface area contributed by atoms with Crippen molar-refractivity contribution >= 4 is 0 Å². The Balaban J connectivity index is 1.24. The van der Waals surface area contributed by atoms with Crippen LogP contribution in [-0.2, 0) is 4.74 Å². The standard InChI is InChI=1S/C24H44FNO5/c25-20-13-17(9-10-19(20)18-7-3-1-4-8-18)16-31-12-6-2-5-11-26-14-22(28)24(30)23(29)21(26)15-27/h17-24,27-30H,1-16H2/t17?,19?,20?,21-,22+,23+,24-/m1/s1. The number of hydrogen-bond donors (Lipinski definition) is 4. The molecule has 0 radical (unpaired) electrons. The number of alkyl halides is 1. The van der Waals surface area contributed by atoms with Crippen molar-refractivity contribution < 1.29 is 29.6 Å². The van der Waals surface area contributed by atoms with Crippen LogP contribution in [0.5, 0.6) is 0 Å². The molecule has 1 saturated heterocycles. The van der Waals surface area contributed by atoms with Gasteiger partial charge in [0.1, 0.15) is 18.4 Å². The molecule has 6 nitrogen and oxygen atoms in total. The molecule has 3 fully saturated rings. The van der Waals surface area contributed by atoms with Gasteiger partial charge in [-0.3, -0.25) is 4.90 Å². The number of nitrogens with zero attached hydrogens (tertiary/aromatic N) is 1. The minimum atomic E-state index is -1.21. The summed E-state index contributed by atoms with van der Waals surface area (Å²) < 4.78 is 20.6. The average Bonchev–Trinajstić information content (AvgIpc) is 2.77. The molecule has 0 amide bonds. The van der Waals surface area contributed by atoms with Crippen LogP contribution in [0.3, 0.4) is 0 Å². The zero-order valence-corrected chi connectivity index (χ0v) is 19.0. The molecule has 3 unspecified atom stereocenters. The highest BCUT2D eigenvalue weighted by Crippen LogP contribution is 2.41. The van der Waals surface area contributed by atoms with Gasteiger partial charge in [-0.15, -0.1) is 0 Å². The summed E-state index contributed by atoms with van der Waals surface area (Å²) >= 11 is 0.